The van der Waals surface area contributed by atoms with Gasteiger partial charge in [0.2, 0.25) is 5.91 Å². The number of rotatable bonds is 4. The van der Waals surface area contributed by atoms with E-state index in [1.54, 1.807) is 0 Å². The molecule has 3 heterocycles. The van der Waals surface area contributed by atoms with Crippen LogP contribution >= 0.6 is 0 Å². The predicted molar refractivity (Wildman–Crippen MR) is 92.3 cm³/mol. The van der Waals surface area contributed by atoms with E-state index in [4.69, 9.17) is 4.74 Å². The molecule has 0 aliphatic carbocycles. The zero-order chi connectivity index (χ0) is 18.8. The van der Waals surface area contributed by atoms with E-state index in [1.807, 2.05) is 0 Å². The van der Waals surface area contributed by atoms with Crippen LogP contribution in [0.2, 0.25) is 0 Å². The number of fused-ring (bicyclic) bond motifs is 1. The summed E-state index contributed by atoms with van der Waals surface area (Å²) in [6.07, 6.45) is 2.96. The Kier molecular flexibility index (Phi) is 4.63. The Balaban J connectivity index is 1.51. The van der Waals surface area contributed by atoms with Gasteiger partial charge in [0, 0.05) is 18.2 Å². The Labute approximate surface area is 152 Å². The zero-order valence-corrected chi connectivity index (χ0v) is 14.1. The second-order valence-corrected chi connectivity index (χ2v) is 6.18. The summed E-state index contributed by atoms with van der Waals surface area (Å²) in [5.41, 5.74) is 0.322. The van der Waals surface area contributed by atoms with Gasteiger partial charge in [0.15, 0.2) is 23.0 Å². The van der Waals surface area contributed by atoms with Gasteiger partial charge >= 0.3 is 6.01 Å². The lowest BCUT2D eigenvalue weighted by molar-refractivity contribution is -0.120. The molecular weight excluding hydrogens is 358 g/mol. The molecule has 10 heteroatoms. The fourth-order valence-corrected chi connectivity index (χ4v) is 2.90. The molecule has 0 spiro atoms. The van der Waals surface area contributed by atoms with Crippen molar-refractivity contribution in [3.8, 4) is 11.8 Å². The van der Waals surface area contributed by atoms with Crippen molar-refractivity contribution in [2.45, 2.75) is 12.8 Å². The molecule has 3 N–H and O–H groups in total. The van der Waals surface area contributed by atoms with E-state index >= 15 is 0 Å². The zero-order valence-electron chi connectivity index (χ0n) is 14.1. The molecule has 0 atom stereocenters. The monoisotopic (exact) mass is 374 g/mol. The quantitative estimate of drug-likeness (QED) is 0.648. The summed E-state index contributed by atoms with van der Waals surface area (Å²) in [6, 6.07) is 2.79. The van der Waals surface area contributed by atoms with Gasteiger partial charge in [-0.15, -0.1) is 0 Å². The molecule has 0 bridgehead atoms. The van der Waals surface area contributed by atoms with Gasteiger partial charge in [-0.1, -0.05) is 0 Å². The first kappa shape index (κ1) is 17.3. The fourth-order valence-electron chi connectivity index (χ4n) is 2.90. The normalized spacial score (nSPS) is 15.0. The van der Waals surface area contributed by atoms with Crippen LogP contribution < -0.4 is 15.4 Å². The van der Waals surface area contributed by atoms with Crippen LogP contribution in [0.5, 0.6) is 11.8 Å². The number of nitrogens with one attached hydrogen (secondary N) is 3. The van der Waals surface area contributed by atoms with Crippen molar-refractivity contribution < 1.29 is 18.3 Å². The number of halogens is 2. The van der Waals surface area contributed by atoms with Crippen molar-refractivity contribution in [3.63, 3.8) is 0 Å². The maximum atomic E-state index is 13.7. The van der Waals surface area contributed by atoms with Crippen molar-refractivity contribution >= 4 is 22.8 Å². The van der Waals surface area contributed by atoms with Crippen molar-refractivity contribution in [1.82, 2.24) is 25.5 Å². The molecule has 1 aliphatic rings. The SMILES string of the molecule is O=C(Nc1n[nH]c2nc(Oc3ccc(F)cc3F)ncc12)C1CCNCC1. The molecule has 0 radical (unpaired) electrons. The first-order valence-electron chi connectivity index (χ1n) is 8.46. The maximum Gasteiger partial charge on any atom is 0.324 e. The van der Waals surface area contributed by atoms with Gasteiger partial charge < -0.3 is 15.4 Å². The molecular formula is C17H16F2N6O2. The standard InChI is InChI=1S/C17H16F2N6O2/c18-10-1-2-13(12(19)7-10)27-17-21-8-11-14(24-25-15(11)23-17)22-16(26)9-3-5-20-6-4-9/h1-2,7-9,20H,3-6H2,(H2,21,22,23,24,25,26). The molecule has 1 fully saturated rings. The van der Waals surface area contributed by atoms with Crippen molar-refractivity contribution in [3.05, 3.63) is 36.0 Å². The largest absolute Gasteiger partial charge is 0.421 e. The van der Waals surface area contributed by atoms with E-state index in [9.17, 15) is 13.6 Å². The number of H-pyrrole nitrogens is 1. The Morgan fingerprint density at radius 3 is 2.85 bits per heavy atom. The average molecular weight is 374 g/mol. The number of hydrogen-bond acceptors (Lipinski definition) is 6. The number of benzene rings is 1. The van der Waals surface area contributed by atoms with Gasteiger partial charge in [0.05, 0.1) is 5.39 Å². The summed E-state index contributed by atoms with van der Waals surface area (Å²) < 4.78 is 31.9. The third kappa shape index (κ3) is 3.70. The van der Waals surface area contributed by atoms with Crippen LogP contribution in [0.4, 0.5) is 14.6 Å². The lowest BCUT2D eigenvalue weighted by atomic mass is 9.97. The third-order valence-corrected chi connectivity index (χ3v) is 4.34. The van der Waals surface area contributed by atoms with Gasteiger partial charge in [0.1, 0.15) is 5.82 Å². The minimum atomic E-state index is -0.863. The lowest BCUT2D eigenvalue weighted by Gasteiger charge is -2.21. The van der Waals surface area contributed by atoms with Crippen LogP contribution in [0.15, 0.2) is 24.4 Å². The number of carbonyl (C=O) groups is 1. The van der Waals surface area contributed by atoms with Crippen LogP contribution in [-0.2, 0) is 4.79 Å². The molecule has 1 amide bonds. The number of amides is 1. The first-order chi connectivity index (χ1) is 13.1. The van der Waals surface area contributed by atoms with E-state index in [0.717, 1.165) is 38.1 Å². The highest BCUT2D eigenvalue weighted by molar-refractivity contribution is 5.99. The minimum absolute atomic E-state index is 0.0667. The molecule has 3 aromatic rings. The Hall–Kier alpha value is -3.14. The highest BCUT2D eigenvalue weighted by atomic mass is 19.1. The molecule has 0 unspecified atom stereocenters. The van der Waals surface area contributed by atoms with Crippen molar-refractivity contribution in [2.75, 3.05) is 18.4 Å². The molecule has 1 aromatic carbocycles. The molecule has 1 saturated heterocycles. The Morgan fingerprint density at radius 1 is 1.26 bits per heavy atom. The number of carbonyl (C=O) groups excluding carboxylic acids is 1. The molecule has 2 aromatic heterocycles. The van der Waals surface area contributed by atoms with Crippen LogP contribution in [-0.4, -0.2) is 39.2 Å². The highest BCUT2D eigenvalue weighted by Crippen LogP contribution is 2.25. The first-order valence-corrected chi connectivity index (χ1v) is 8.46. The molecule has 140 valence electrons. The number of piperidine rings is 1. The fraction of sp³-hybridized carbons (Fsp3) is 0.294. The van der Waals surface area contributed by atoms with Gasteiger partial charge in [-0.05, 0) is 38.1 Å². The van der Waals surface area contributed by atoms with E-state index in [2.05, 4.69) is 30.8 Å². The van der Waals surface area contributed by atoms with E-state index in [-0.39, 0.29) is 23.6 Å². The maximum absolute atomic E-state index is 13.7. The minimum Gasteiger partial charge on any atom is -0.421 e. The number of aromatic nitrogens is 4. The van der Waals surface area contributed by atoms with Crippen LogP contribution in [0, 0.1) is 17.6 Å². The number of anilines is 1. The number of ether oxygens (including phenoxy) is 1. The Bertz CT molecular complexity index is 987. The van der Waals surface area contributed by atoms with Gasteiger partial charge in [-0.25, -0.2) is 13.8 Å². The van der Waals surface area contributed by atoms with Crippen LogP contribution in [0.25, 0.3) is 11.0 Å². The smallest absolute Gasteiger partial charge is 0.324 e. The predicted octanol–water partition coefficient (Wildman–Crippen LogP) is 2.36. The summed E-state index contributed by atoms with van der Waals surface area (Å²) >= 11 is 0. The molecule has 27 heavy (non-hydrogen) atoms. The molecule has 1 aliphatic heterocycles. The van der Waals surface area contributed by atoms with Crippen molar-refractivity contribution in [1.29, 1.82) is 0 Å². The molecule has 4 rings (SSSR count). The van der Waals surface area contributed by atoms with E-state index in [0.29, 0.717) is 22.9 Å². The number of aromatic amines is 1. The molecule has 8 nitrogen and oxygen atoms in total. The summed E-state index contributed by atoms with van der Waals surface area (Å²) in [4.78, 5) is 20.5. The highest BCUT2D eigenvalue weighted by Gasteiger charge is 2.22. The number of hydrogen-bond donors (Lipinski definition) is 3. The van der Waals surface area contributed by atoms with Crippen LogP contribution in [0.3, 0.4) is 0 Å². The van der Waals surface area contributed by atoms with Gasteiger partial charge in [0.25, 0.3) is 0 Å². The van der Waals surface area contributed by atoms with Gasteiger partial charge in [-0.3, -0.25) is 9.89 Å². The summed E-state index contributed by atoms with van der Waals surface area (Å²) in [6.45, 7) is 1.62. The third-order valence-electron chi connectivity index (χ3n) is 4.34. The van der Waals surface area contributed by atoms with E-state index < -0.39 is 11.6 Å². The average Bonchev–Trinajstić information content (AvgIpc) is 3.07. The van der Waals surface area contributed by atoms with Crippen LogP contribution in [0.1, 0.15) is 12.8 Å². The summed E-state index contributed by atoms with van der Waals surface area (Å²) in [5.74, 6) is -1.61. The second kappa shape index (κ2) is 7.23. The molecule has 0 saturated carbocycles. The lowest BCUT2D eigenvalue weighted by Crippen LogP contribution is -2.34. The van der Waals surface area contributed by atoms with Crippen molar-refractivity contribution in [2.24, 2.45) is 5.92 Å². The van der Waals surface area contributed by atoms with E-state index in [1.165, 1.54) is 6.20 Å². The number of nitrogens with zero attached hydrogens (tertiary/aromatic N) is 3. The summed E-state index contributed by atoms with van der Waals surface area (Å²) in [5, 5.41) is 13.2. The second-order valence-electron chi connectivity index (χ2n) is 6.18. The van der Waals surface area contributed by atoms with Gasteiger partial charge in [-0.2, -0.15) is 10.1 Å². The Morgan fingerprint density at radius 2 is 2.07 bits per heavy atom. The topological polar surface area (TPSA) is 105 Å². The summed E-state index contributed by atoms with van der Waals surface area (Å²) in [7, 11) is 0.